The van der Waals surface area contributed by atoms with E-state index < -0.39 is 11.6 Å². The third-order valence-corrected chi connectivity index (χ3v) is 2.16. The topological polar surface area (TPSA) is 12.9 Å². The van der Waals surface area contributed by atoms with Crippen molar-refractivity contribution in [1.82, 2.24) is 4.98 Å². The normalized spacial score (nSPS) is 10.3. The van der Waals surface area contributed by atoms with Crippen LogP contribution in [0, 0.1) is 18.6 Å². The third-order valence-electron chi connectivity index (χ3n) is 2.16. The Balaban J connectivity index is 2.63. The van der Waals surface area contributed by atoms with Gasteiger partial charge >= 0.3 is 0 Å². The van der Waals surface area contributed by atoms with E-state index in [1.807, 2.05) is 13.0 Å². The van der Waals surface area contributed by atoms with Gasteiger partial charge in [-0.25, -0.2) is 8.78 Å². The number of rotatable bonds is 1. The second kappa shape index (κ2) is 3.77. The van der Waals surface area contributed by atoms with Crippen LogP contribution in [0.15, 0.2) is 36.7 Å². The fourth-order valence-corrected chi connectivity index (χ4v) is 1.49. The van der Waals surface area contributed by atoms with Gasteiger partial charge < -0.3 is 0 Å². The van der Waals surface area contributed by atoms with Crippen LogP contribution in [0.2, 0.25) is 0 Å². The van der Waals surface area contributed by atoms with Gasteiger partial charge in [-0.3, -0.25) is 4.98 Å². The summed E-state index contributed by atoms with van der Waals surface area (Å²) in [6, 6.07) is 7.06. The van der Waals surface area contributed by atoms with Gasteiger partial charge in [0, 0.05) is 0 Å². The van der Waals surface area contributed by atoms with Crippen molar-refractivity contribution in [3.05, 3.63) is 53.9 Å². The van der Waals surface area contributed by atoms with Crippen LogP contribution >= 0.6 is 0 Å². The van der Waals surface area contributed by atoms with Gasteiger partial charge in [0.25, 0.3) is 0 Å². The molecule has 0 aliphatic rings. The predicted molar refractivity (Wildman–Crippen MR) is 54.3 cm³/mol. The fourth-order valence-electron chi connectivity index (χ4n) is 1.49. The predicted octanol–water partition coefficient (Wildman–Crippen LogP) is 3.34. The zero-order valence-corrected chi connectivity index (χ0v) is 8.17. The van der Waals surface area contributed by atoms with Gasteiger partial charge in [0.1, 0.15) is 0 Å². The fraction of sp³-hybridized carbons (Fsp3) is 0.0833. The monoisotopic (exact) mass is 205 g/mol. The summed E-state index contributed by atoms with van der Waals surface area (Å²) < 4.78 is 26.7. The minimum Gasteiger partial charge on any atom is -0.259 e. The molecule has 0 spiro atoms. The van der Waals surface area contributed by atoms with Crippen LogP contribution in [-0.2, 0) is 0 Å². The van der Waals surface area contributed by atoms with Crippen LogP contribution in [0.25, 0.3) is 11.1 Å². The standard InChI is InChI=1S/C12H9F2N/c1-8-3-2-4-9(5-8)12-10(13)6-15-7-11(12)14/h2-7H,1H3. The molecule has 0 atom stereocenters. The summed E-state index contributed by atoms with van der Waals surface area (Å²) in [5.74, 6) is -1.28. The van der Waals surface area contributed by atoms with Crippen molar-refractivity contribution in [2.75, 3.05) is 0 Å². The molecule has 0 radical (unpaired) electrons. The van der Waals surface area contributed by atoms with E-state index >= 15 is 0 Å². The van der Waals surface area contributed by atoms with Crippen molar-refractivity contribution >= 4 is 0 Å². The van der Waals surface area contributed by atoms with Gasteiger partial charge in [0.2, 0.25) is 0 Å². The minimum atomic E-state index is -0.638. The van der Waals surface area contributed by atoms with E-state index in [4.69, 9.17) is 0 Å². The Labute approximate surface area is 86.4 Å². The van der Waals surface area contributed by atoms with Gasteiger partial charge in [-0.2, -0.15) is 0 Å². The van der Waals surface area contributed by atoms with Crippen molar-refractivity contribution in [2.24, 2.45) is 0 Å². The molecule has 0 amide bonds. The minimum absolute atomic E-state index is 0.0197. The van der Waals surface area contributed by atoms with Gasteiger partial charge in [-0.05, 0) is 12.5 Å². The van der Waals surface area contributed by atoms with Crippen LogP contribution in [0.5, 0.6) is 0 Å². The van der Waals surface area contributed by atoms with E-state index in [9.17, 15) is 8.78 Å². The van der Waals surface area contributed by atoms with Crippen molar-refractivity contribution in [3.8, 4) is 11.1 Å². The van der Waals surface area contributed by atoms with Crippen LogP contribution in [0.3, 0.4) is 0 Å². The highest BCUT2D eigenvalue weighted by Crippen LogP contribution is 2.25. The Morgan fingerprint density at radius 2 is 1.73 bits per heavy atom. The first-order chi connectivity index (χ1) is 7.18. The molecular weight excluding hydrogens is 196 g/mol. The molecule has 0 saturated heterocycles. The lowest BCUT2D eigenvalue weighted by Crippen LogP contribution is -1.91. The maximum absolute atomic E-state index is 13.4. The Kier molecular flexibility index (Phi) is 2.46. The van der Waals surface area contributed by atoms with E-state index in [1.165, 1.54) is 0 Å². The molecule has 15 heavy (non-hydrogen) atoms. The quantitative estimate of drug-likeness (QED) is 0.695. The third kappa shape index (κ3) is 1.86. The lowest BCUT2D eigenvalue weighted by atomic mass is 10.0. The number of halogens is 2. The Bertz CT molecular complexity index is 474. The van der Waals surface area contributed by atoms with Gasteiger partial charge in [-0.15, -0.1) is 0 Å². The second-order valence-corrected chi connectivity index (χ2v) is 3.35. The molecule has 0 aliphatic heterocycles. The summed E-state index contributed by atoms with van der Waals surface area (Å²) in [7, 11) is 0. The van der Waals surface area contributed by atoms with Crippen LogP contribution in [0.1, 0.15) is 5.56 Å². The molecule has 3 heteroatoms. The first-order valence-corrected chi connectivity index (χ1v) is 4.54. The van der Waals surface area contributed by atoms with E-state index in [2.05, 4.69) is 4.98 Å². The summed E-state index contributed by atoms with van der Waals surface area (Å²) in [6.45, 7) is 1.88. The summed E-state index contributed by atoms with van der Waals surface area (Å²) in [6.07, 6.45) is 2.03. The van der Waals surface area contributed by atoms with Crippen molar-refractivity contribution in [2.45, 2.75) is 6.92 Å². The smallest absolute Gasteiger partial charge is 0.152 e. The SMILES string of the molecule is Cc1cccc(-c2c(F)cncc2F)c1. The van der Waals surface area contributed by atoms with E-state index in [0.717, 1.165) is 18.0 Å². The first-order valence-electron chi connectivity index (χ1n) is 4.54. The summed E-state index contributed by atoms with van der Waals surface area (Å²) >= 11 is 0. The molecule has 76 valence electrons. The highest BCUT2D eigenvalue weighted by molar-refractivity contribution is 5.64. The summed E-state index contributed by atoms with van der Waals surface area (Å²) in [5.41, 5.74) is 1.48. The Morgan fingerprint density at radius 1 is 1.07 bits per heavy atom. The van der Waals surface area contributed by atoms with Gasteiger partial charge in [0.15, 0.2) is 11.6 Å². The van der Waals surface area contributed by atoms with E-state index in [0.29, 0.717) is 5.56 Å². The molecule has 1 heterocycles. The average molecular weight is 205 g/mol. The number of pyridine rings is 1. The van der Waals surface area contributed by atoms with Gasteiger partial charge in [-0.1, -0.05) is 29.8 Å². The van der Waals surface area contributed by atoms with Crippen molar-refractivity contribution in [1.29, 1.82) is 0 Å². The molecule has 0 saturated carbocycles. The molecular formula is C12H9F2N. The maximum atomic E-state index is 13.4. The molecule has 1 aromatic heterocycles. The molecule has 0 aliphatic carbocycles. The van der Waals surface area contributed by atoms with E-state index in [1.54, 1.807) is 18.2 Å². The number of nitrogens with zero attached hydrogens (tertiary/aromatic N) is 1. The molecule has 2 aromatic rings. The number of benzene rings is 1. The molecule has 0 bridgehead atoms. The molecule has 1 aromatic carbocycles. The van der Waals surface area contributed by atoms with Crippen molar-refractivity contribution in [3.63, 3.8) is 0 Å². The van der Waals surface area contributed by atoms with Crippen LogP contribution < -0.4 is 0 Å². The number of aromatic nitrogens is 1. The Morgan fingerprint density at radius 3 is 2.33 bits per heavy atom. The first kappa shape index (κ1) is 9.77. The maximum Gasteiger partial charge on any atom is 0.152 e. The molecule has 0 N–H and O–H groups in total. The number of hydrogen-bond donors (Lipinski definition) is 0. The van der Waals surface area contributed by atoms with Crippen LogP contribution in [0.4, 0.5) is 8.78 Å². The zero-order valence-electron chi connectivity index (χ0n) is 8.17. The molecule has 0 unspecified atom stereocenters. The molecule has 2 rings (SSSR count). The zero-order chi connectivity index (χ0) is 10.8. The highest BCUT2D eigenvalue weighted by atomic mass is 19.1. The second-order valence-electron chi connectivity index (χ2n) is 3.35. The lowest BCUT2D eigenvalue weighted by Gasteiger charge is -2.04. The average Bonchev–Trinajstić information content (AvgIpc) is 2.17. The highest BCUT2D eigenvalue weighted by Gasteiger charge is 2.10. The molecule has 1 nitrogen and oxygen atoms in total. The largest absolute Gasteiger partial charge is 0.259 e. The Hall–Kier alpha value is -1.77. The van der Waals surface area contributed by atoms with Gasteiger partial charge in [0.05, 0.1) is 18.0 Å². The molecule has 0 fully saturated rings. The van der Waals surface area contributed by atoms with Crippen LogP contribution in [-0.4, -0.2) is 4.98 Å². The van der Waals surface area contributed by atoms with Crippen molar-refractivity contribution < 1.29 is 8.78 Å². The lowest BCUT2D eigenvalue weighted by molar-refractivity contribution is 0.579. The van der Waals surface area contributed by atoms with E-state index in [-0.39, 0.29) is 5.56 Å². The number of aryl methyl sites for hydroxylation is 1. The summed E-state index contributed by atoms with van der Waals surface area (Å²) in [5, 5.41) is 0. The number of hydrogen-bond acceptors (Lipinski definition) is 1. The summed E-state index contributed by atoms with van der Waals surface area (Å²) in [4.78, 5) is 3.44.